The van der Waals surface area contributed by atoms with Gasteiger partial charge in [-0.05, 0) is 30.5 Å². The Bertz CT molecular complexity index is 1070. The van der Waals surface area contributed by atoms with Gasteiger partial charge in [-0.1, -0.05) is 49.0 Å². The van der Waals surface area contributed by atoms with E-state index in [9.17, 15) is 4.79 Å². The fourth-order valence-corrected chi connectivity index (χ4v) is 3.12. The second-order valence-corrected chi connectivity index (χ2v) is 6.03. The third kappa shape index (κ3) is 2.96. The molecule has 2 aromatic carbocycles. The molecule has 0 saturated heterocycles. The van der Waals surface area contributed by atoms with E-state index in [1.165, 1.54) is 5.56 Å². The molecule has 1 aromatic heterocycles. The van der Waals surface area contributed by atoms with E-state index in [2.05, 4.69) is 50.7 Å². The van der Waals surface area contributed by atoms with Crippen LogP contribution in [0.15, 0.2) is 64.4 Å². The van der Waals surface area contributed by atoms with Crippen molar-refractivity contribution in [2.45, 2.75) is 12.8 Å². The molecule has 0 atom stereocenters. The molecule has 0 unspecified atom stereocenters. The number of anilines is 2. The number of hydrogen-bond donors (Lipinski definition) is 1. The lowest BCUT2D eigenvalue weighted by Gasteiger charge is -2.27. The van der Waals surface area contributed by atoms with Gasteiger partial charge >= 0.3 is 0 Å². The van der Waals surface area contributed by atoms with Crippen LogP contribution in [0.1, 0.15) is 12.0 Å². The molecule has 2 heterocycles. The van der Waals surface area contributed by atoms with Crippen LogP contribution in [0.5, 0.6) is 0 Å². The van der Waals surface area contributed by atoms with Crippen LogP contribution in [0.2, 0.25) is 0 Å². The molecule has 0 radical (unpaired) electrons. The molecule has 0 aliphatic carbocycles. The van der Waals surface area contributed by atoms with Crippen molar-refractivity contribution in [3.05, 3.63) is 81.4 Å². The van der Waals surface area contributed by atoms with Crippen LogP contribution in [0, 0.1) is 0 Å². The number of fused-ring (bicyclic) bond motifs is 2. The zero-order valence-electron chi connectivity index (χ0n) is 13.8. The Kier molecular flexibility index (Phi) is 3.90. The maximum absolute atomic E-state index is 12.3. The monoisotopic (exact) mass is 330 g/mol. The van der Waals surface area contributed by atoms with Gasteiger partial charge in [0.2, 0.25) is 0 Å². The molecule has 1 aliphatic heterocycles. The Morgan fingerprint density at radius 3 is 2.64 bits per heavy atom. The maximum atomic E-state index is 12.3. The molecule has 5 heteroatoms. The first-order valence-electron chi connectivity index (χ1n) is 8.31. The quantitative estimate of drug-likeness (QED) is 0.798. The fourth-order valence-electron chi connectivity index (χ4n) is 3.12. The zero-order chi connectivity index (χ0) is 17.2. The van der Waals surface area contributed by atoms with Crippen molar-refractivity contribution in [3.8, 4) is 0 Å². The van der Waals surface area contributed by atoms with E-state index >= 15 is 0 Å². The smallest absolute Gasteiger partial charge is 0.279 e. The standard InChI is InChI=1S/C20H18N4O/c1-14-21-19-18(20(25)22-14)23-16-11-5-6-12-17(16)24(19)13-7-10-15-8-3-2-4-9-15/h2-6,8-9,11-12H,1,7,10,13H2,(H,22,25). The average molecular weight is 330 g/mol. The minimum atomic E-state index is -0.252. The second-order valence-electron chi connectivity index (χ2n) is 6.03. The number of aromatic amines is 1. The van der Waals surface area contributed by atoms with Crippen molar-refractivity contribution < 1.29 is 0 Å². The molecular weight excluding hydrogens is 312 g/mol. The molecule has 0 fully saturated rings. The number of aryl methyl sites for hydroxylation is 1. The van der Waals surface area contributed by atoms with Crippen LogP contribution in [0.25, 0.3) is 6.58 Å². The van der Waals surface area contributed by atoms with Crippen molar-refractivity contribution in [1.29, 1.82) is 0 Å². The molecule has 1 N–H and O–H groups in total. The van der Waals surface area contributed by atoms with Crippen LogP contribution in [0.3, 0.4) is 0 Å². The van der Waals surface area contributed by atoms with E-state index in [1.807, 2.05) is 30.3 Å². The number of nitrogens with zero attached hydrogens (tertiary/aromatic N) is 3. The third-order valence-electron chi connectivity index (χ3n) is 4.28. The van der Waals surface area contributed by atoms with Crippen molar-refractivity contribution in [2.75, 3.05) is 11.4 Å². The Balaban J connectivity index is 1.71. The van der Waals surface area contributed by atoms with E-state index in [1.54, 1.807) is 0 Å². The number of hydrogen-bond acceptors (Lipinski definition) is 4. The highest BCUT2D eigenvalue weighted by atomic mass is 16.1. The largest absolute Gasteiger partial charge is 0.322 e. The van der Waals surface area contributed by atoms with Crippen LogP contribution < -0.4 is 21.3 Å². The Morgan fingerprint density at radius 1 is 1.04 bits per heavy atom. The molecule has 25 heavy (non-hydrogen) atoms. The maximum Gasteiger partial charge on any atom is 0.279 e. The number of para-hydroxylation sites is 2. The summed E-state index contributed by atoms with van der Waals surface area (Å²) < 4.78 is 0. The summed E-state index contributed by atoms with van der Waals surface area (Å²) in [5, 5.41) is 0.353. The minimum Gasteiger partial charge on any atom is -0.322 e. The number of benzene rings is 2. The normalized spacial score (nSPS) is 12.2. The van der Waals surface area contributed by atoms with Crippen LogP contribution in [-0.4, -0.2) is 16.5 Å². The molecule has 124 valence electrons. The topological polar surface area (TPSA) is 61.4 Å². The summed E-state index contributed by atoms with van der Waals surface area (Å²) in [5.41, 5.74) is 3.16. The lowest BCUT2D eigenvalue weighted by atomic mass is 10.1. The van der Waals surface area contributed by atoms with Crippen molar-refractivity contribution in [2.24, 2.45) is 4.99 Å². The number of nitrogens with one attached hydrogen (secondary N) is 1. The van der Waals surface area contributed by atoms with Gasteiger partial charge in [-0.2, -0.15) is 0 Å². The van der Waals surface area contributed by atoms with E-state index in [-0.39, 0.29) is 5.56 Å². The highest BCUT2D eigenvalue weighted by Gasteiger charge is 2.21. The van der Waals surface area contributed by atoms with Gasteiger partial charge in [0.15, 0.2) is 11.2 Å². The summed E-state index contributed by atoms with van der Waals surface area (Å²) in [7, 11) is 0. The lowest BCUT2D eigenvalue weighted by Crippen LogP contribution is -2.42. The van der Waals surface area contributed by atoms with E-state index in [0.29, 0.717) is 16.7 Å². The van der Waals surface area contributed by atoms with Crippen molar-refractivity contribution >= 4 is 23.8 Å². The fraction of sp³-hybridized carbons (Fsp3) is 0.150. The predicted molar refractivity (Wildman–Crippen MR) is 99.0 cm³/mol. The van der Waals surface area contributed by atoms with Gasteiger partial charge in [-0.15, -0.1) is 0 Å². The summed E-state index contributed by atoms with van der Waals surface area (Å²) in [6.07, 6.45) is 1.91. The highest BCUT2D eigenvalue weighted by molar-refractivity contribution is 5.75. The average Bonchev–Trinajstić information content (AvgIpc) is 2.63. The molecule has 0 amide bonds. The van der Waals surface area contributed by atoms with Gasteiger partial charge in [0.1, 0.15) is 5.48 Å². The van der Waals surface area contributed by atoms with Crippen LogP contribution in [-0.2, 0) is 6.42 Å². The molecule has 5 nitrogen and oxygen atoms in total. The number of rotatable bonds is 4. The number of aromatic nitrogens is 2. The predicted octanol–water partition coefficient (Wildman–Crippen LogP) is 2.22. The highest BCUT2D eigenvalue weighted by Crippen LogP contribution is 2.34. The zero-order valence-corrected chi connectivity index (χ0v) is 13.8. The van der Waals surface area contributed by atoms with Gasteiger partial charge < -0.3 is 9.88 Å². The first kappa shape index (κ1) is 15.3. The van der Waals surface area contributed by atoms with E-state index < -0.39 is 0 Å². The van der Waals surface area contributed by atoms with Crippen molar-refractivity contribution in [1.82, 2.24) is 9.97 Å². The van der Waals surface area contributed by atoms with Crippen LogP contribution >= 0.6 is 0 Å². The molecule has 0 bridgehead atoms. The molecule has 0 saturated carbocycles. The summed E-state index contributed by atoms with van der Waals surface area (Å²) in [6, 6.07) is 18.2. The van der Waals surface area contributed by atoms with Crippen molar-refractivity contribution in [3.63, 3.8) is 0 Å². The summed E-state index contributed by atoms with van der Waals surface area (Å²) in [4.78, 5) is 25.9. The van der Waals surface area contributed by atoms with E-state index in [4.69, 9.17) is 0 Å². The molecule has 3 aromatic rings. The van der Waals surface area contributed by atoms with Crippen LogP contribution in [0.4, 0.5) is 17.2 Å². The summed E-state index contributed by atoms with van der Waals surface area (Å²) >= 11 is 0. The van der Waals surface area contributed by atoms with Gasteiger partial charge in [0.05, 0.1) is 11.4 Å². The molecule has 0 spiro atoms. The molecule has 4 rings (SSSR count). The Labute approximate surface area is 145 Å². The second kappa shape index (κ2) is 6.36. The first-order chi connectivity index (χ1) is 12.2. The Morgan fingerprint density at radius 2 is 1.80 bits per heavy atom. The van der Waals surface area contributed by atoms with Gasteiger partial charge in [-0.25, -0.2) is 9.98 Å². The lowest BCUT2D eigenvalue weighted by molar-refractivity contribution is 0.784. The first-order valence-corrected chi connectivity index (χ1v) is 8.31. The van der Waals surface area contributed by atoms with E-state index in [0.717, 1.165) is 30.8 Å². The summed E-state index contributed by atoms with van der Waals surface area (Å²) in [6.45, 7) is 4.53. The third-order valence-corrected chi connectivity index (χ3v) is 4.28. The van der Waals surface area contributed by atoms with Gasteiger partial charge in [0, 0.05) is 6.54 Å². The molecule has 1 aliphatic rings. The van der Waals surface area contributed by atoms with Gasteiger partial charge in [0.25, 0.3) is 5.56 Å². The number of H-pyrrole nitrogens is 1. The van der Waals surface area contributed by atoms with Gasteiger partial charge in [-0.3, -0.25) is 4.79 Å². The molecular formula is C20H18N4O. The summed E-state index contributed by atoms with van der Waals surface area (Å²) in [5.74, 6) is 0.584. The SMILES string of the molecule is C=c1nc2c(c(=O)[nH]1)=Nc1ccccc1N2CCCc1ccccc1. The Hall–Kier alpha value is -3.21. The minimum absolute atomic E-state index is 0.252.